The van der Waals surface area contributed by atoms with Crippen LogP contribution in [-0.2, 0) is 4.79 Å². The van der Waals surface area contributed by atoms with Crippen LogP contribution in [0.2, 0.25) is 0 Å². The van der Waals surface area contributed by atoms with Crippen molar-refractivity contribution in [3.8, 4) is 0 Å². The van der Waals surface area contributed by atoms with Crippen LogP contribution in [0.1, 0.15) is 18.7 Å². The number of rotatable bonds is 5. The van der Waals surface area contributed by atoms with Gasteiger partial charge in [0, 0.05) is 26.2 Å². The number of piperazine rings is 1. The summed E-state index contributed by atoms with van der Waals surface area (Å²) < 4.78 is -0.146. The van der Waals surface area contributed by atoms with E-state index in [9.17, 15) is 9.90 Å². The van der Waals surface area contributed by atoms with Gasteiger partial charge in [-0.2, -0.15) is 0 Å². The number of hydrogen-bond donors (Lipinski definition) is 2. The maximum atomic E-state index is 11.8. The molecule has 1 aromatic rings. The number of pyridine rings is 1. The van der Waals surface area contributed by atoms with Crippen LogP contribution in [0, 0.1) is 0 Å². The molecule has 1 saturated heterocycles. The molecular formula is C15H23IN4O2. The third kappa shape index (κ3) is 4.53. The molecule has 0 unspecified atom stereocenters. The Morgan fingerprint density at radius 3 is 2.68 bits per heavy atom. The summed E-state index contributed by atoms with van der Waals surface area (Å²) in [5.74, 6) is 0.812. The van der Waals surface area contributed by atoms with Gasteiger partial charge in [-0.05, 0) is 26.1 Å². The summed E-state index contributed by atoms with van der Waals surface area (Å²) in [6, 6.07) is 5.29. The summed E-state index contributed by atoms with van der Waals surface area (Å²) in [6.07, 6.45) is 0. The molecule has 2 heterocycles. The van der Waals surface area contributed by atoms with Crippen molar-refractivity contribution in [2.24, 2.45) is 0 Å². The highest BCUT2D eigenvalue weighted by molar-refractivity contribution is 14.1. The van der Waals surface area contributed by atoms with E-state index >= 15 is 0 Å². The number of nitrogens with one attached hydrogen (secondary N) is 1. The summed E-state index contributed by atoms with van der Waals surface area (Å²) in [5, 5.41) is 12.4. The molecule has 0 radical (unpaired) electrons. The Bertz CT molecular complexity index is 504. The van der Waals surface area contributed by atoms with Crippen molar-refractivity contribution in [3.63, 3.8) is 0 Å². The van der Waals surface area contributed by atoms with Gasteiger partial charge in [0.2, 0.25) is 5.91 Å². The van der Waals surface area contributed by atoms with Crippen molar-refractivity contribution in [1.82, 2.24) is 15.2 Å². The number of halogens is 1. The van der Waals surface area contributed by atoms with Gasteiger partial charge in [0.05, 0.1) is 22.3 Å². The number of amides is 1. The molecule has 0 saturated carbocycles. The predicted octanol–water partition coefficient (Wildman–Crippen LogP) is 0.806. The summed E-state index contributed by atoms with van der Waals surface area (Å²) in [4.78, 5) is 21.0. The zero-order chi connectivity index (χ0) is 16.1. The van der Waals surface area contributed by atoms with Gasteiger partial charge in [-0.3, -0.25) is 4.79 Å². The molecule has 0 bridgehead atoms. The number of carbonyl (C=O) groups is 1. The smallest absolute Gasteiger partial charge is 0.233 e. The molecular weight excluding hydrogens is 395 g/mol. The lowest BCUT2D eigenvalue weighted by Gasteiger charge is -2.33. The maximum absolute atomic E-state index is 11.8. The summed E-state index contributed by atoms with van der Waals surface area (Å²) in [5.41, 5.74) is 0.698. The monoisotopic (exact) mass is 418 g/mol. The molecule has 2 N–H and O–H groups in total. The molecule has 0 spiro atoms. The van der Waals surface area contributed by atoms with Crippen molar-refractivity contribution in [1.29, 1.82) is 0 Å². The first-order valence-corrected chi connectivity index (χ1v) is 8.71. The Morgan fingerprint density at radius 2 is 2.09 bits per heavy atom. The van der Waals surface area contributed by atoms with Crippen LogP contribution >= 0.6 is 22.6 Å². The average molecular weight is 418 g/mol. The lowest BCUT2D eigenvalue weighted by Crippen LogP contribution is -2.45. The predicted molar refractivity (Wildman–Crippen MR) is 95.4 cm³/mol. The van der Waals surface area contributed by atoms with Crippen molar-refractivity contribution in [3.05, 3.63) is 23.9 Å². The third-order valence-electron chi connectivity index (χ3n) is 3.80. The molecule has 2 rings (SSSR count). The van der Waals surface area contributed by atoms with Crippen LogP contribution in [0.15, 0.2) is 18.2 Å². The highest BCUT2D eigenvalue weighted by Crippen LogP contribution is 2.18. The van der Waals surface area contributed by atoms with Crippen LogP contribution in [0.5, 0.6) is 0 Å². The van der Waals surface area contributed by atoms with E-state index in [4.69, 9.17) is 0 Å². The number of nitrogens with zero attached hydrogens (tertiary/aromatic N) is 3. The molecule has 2 atom stereocenters. The Balaban J connectivity index is 2.10. The van der Waals surface area contributed by atoms with Gasteiger partial charge in [0.15, 0.2) is 0 Å². The molecule has 22 heavy (non-hydrogen) atoms. The van der Waals surface area contributed by atoms with Crippen molar-refractivity contribution in [2.45, 2.75) is 16.9 Å². The van der Waals surface area contributed by atoms with Crippen molar-refractivity contribution >= 4 is 34.3 Å². The van der Waals surface area contributed by atoms with Gasteiger partial charge in [0.1, 0.15) is 5.82 Å². The Labute approximate surface area is 145 Å². The zero-order valence-electron chi connectivity index (χ0n) is 13.0. The second kappa shape index (κ2) is 8.07. The fourth-order valence-corrected chi connectivity index (χ4v) is 2.52. The number of likely N-dealkylation sites (N-methyl/N-ethyl adjacent to an activating group) is 1. The Kier molecular flexibility index (Phi) is 6.39. The first-order chi connectivity index (χ1) is 10.5. The molecule has 1 aromatic heterocycles. The van der Waals surface area contributed by atoms with Gasteiger partial charge in [-0.25, -0.2) is 4.98 Å². The number of anilines is 1. The van der Waals surface area contributed by atoms with E-state index in [1.54, 1.807) is 0 Å². The zero-order valence-corrected chi connectivity index (χ0v) is 15.2. The highest BCUT2D eigenvalue weighted by Gasteiger charge is 2.20. The minimum absolute atomic E-state index is 0.0912. The van der Waals surface area contributed by atoms with Gasteiger partial charge in [-0.1, -0.05) is 28.7 Å². The van der Waals surface area contributed by atoms with Gasteiger partial charge in [-0.15, -0.1) is 0 Å². The van der Waals surface area contributed by atoms with E-state index in [0.29, 0.717) is 5.69 Å². The van der Waals surface area contributed by atoms with Gasteiger partial charge < -0.3 is 20.2 Å². The maximum Gasteiger partial charge on any atom is 0.233 e. The van der Waals surface area contributed by atoms with E-state index in [1.165, 1.54) is 0 Å². The summed E-state index contributed by atoms with van der Waals surface area (Å²) in [7, 11) is 2.11. The van der Waals surface area contributed by atoms with Crippen LogP contribution < -0.4 is 10.2 Å². The van der Waals surface area contributed by atoms with Gasteiger partial charge >= 0.3 is 0 Å². The highest BCUT2D eigenvalue weighted by atomic mass is 127. The van der Waals surface area contributed by atoms with Crippen LogP contribution in [0.3, 0.4) is 0 Å². The summed E-state index contributed by atoms with van der Waals surface area (Å²) >= 11 is 2.05. The van der Waals surface area contributed by atoms with Crippen LogP contribution in [0.4, 0.5) is 5.82 Å². The average Bonchev–Trinajstić information content (AvgIpc) is 2.53. The molecule has 1 aliphatic rings. The van der Waals surface area contributed by atoms with E-state index < -0.39 is 6.04 Å². The largest absolute Gasteiger partial charge is 0.394 e. The lowest BCUT2D eigenvalue weighted by atomic mass is 10.2. The molecule has 122 valence electrons. The molecule has 1 amide bonds. The van der Waals surface area contributed by atoms with Crippen LogP contribution in [-0.4, -0.2) is 64.7 Å². The standard InChI is InChI=1S/C15H23IN4O2/c1-11(16)15(22)18-13(10-21)12-4-3-5-14(17-12)20-8-6-19(2)7-9-20/h3-5,11,13,21H,6-10H2,1-2H3,(H,18,22)/t11-,13-/m1/s1. The first-order valence-electron chi connectivity index (χ1n) is 7.47. The number of alkyl halides is 1. The fourth-order valence-electron chi connectivity index (χ4n) is 2.34. The van der Waals surface area contributed by atoms with Gasteiger partial charge in [0.25, 0.3) is 0 Å². The summed E-state index contributed by atoms with van der Waals surface area (Å²) in [6.45, 7) is 5.56. The van der Waals surface area contributed by atoms with E-state index in [1.807, 2.05) is 25.1 Å². The quantitative estimate of drug-likeness (QED) is 0.547. The molecule has 1 fully saturated rings. The minimum Gasteiger partial charge on any atom is -0.394 e. The van der Waals surface area contributed by atoms with E-state index in [-0.39, 0.29) is 16.4 Å². The number of carbonyl (C=O) groups excluding carboxylic acids is 1. The fraction of sp³-hybridized carbons (Fsp3) is 0.600. The van der Waals surface area contributed by atoms with Crippen molar-refractivity contribution in [2.75, 3.05) is 44.7 Å². The second-order valence-corrected chi connectivity index (χ2v) is 7.44. The molecule has 6 nitrogen and oxygen atoms in total. The minimum atomic E-state index is -0.461. The van der Waals surface area contributed by atoms with Crippen molar-refractivity contribution < 1.29 is 9.90 Å². The third-order valence-corrected chi connectivity index (χ3v) is 4.37. The van der Waals surface area contributed by atoms with Crippen LogP contribution in [0.25, 0.3) is 0 Å². The number of aliphatic hydroxyl groups is 1. The molecule has 1 aliphatic heterocycles. The Morgan fingerprint density at radius 1 is 1.41 bits per heavy atom. The number of aliphatic hydroxyl groups excluding tert-OH is 1. The van der Waals surface area contributed by atoms with E-state index in [0.717, 1.165) is 32.0 Å². The molecule has 7 heteroatoms. The molecule has 0 aromatic carbocycles. The number of aromatic nitrogens is 1. The number of hydrogen-bond acceptors (Lipinski definition) is 5. The topological polar surface area (TPSA) is 68.7 Å². The Hall–Kier alpha value is -0.930. The SMILES string of the molecule is C[C@@H](I)C(=O)N[C@H](CO)c1cccc(N2CCN(C)CC2)n1. The molecule has 0 aliphatic carbocycles. The first kappa shape index (κ1) is 17.4. The second-order valence-electron chi connectivity index (χ2n) is 5.57. The lowest BCUT2D eigenvalue weighted by molar-refractivity contribution is -0.121. The van der Waals surface area contributed by atoms with E-state index in [2.05, 4.69) is 49.7 Å². The normalized spacial score (nSPS) is 18.8.